The third-order valence-electron chi connectivity index (χ3n) is 7.96. The fraction of sp³-hybridized carbons (Fsp3) is 0.333. The molecule has 1 aliphatic heterocycles. The average molecular weight is 689 g/mol. The van der Waals surface area contributed by atoms with Gasteiger partial charge in [0.05, 0.1) is 23.2 Å². The highest BCUT2D eigenvalue weighted by Gasteiger charge is 2.29. The number of piperidine rings is 1. The van der Waals surface area contributed by atoms with Crippen molar-refractivity contribution in [3.05, 3.63) is 88.8 Å². The van der Waals surface area contributed by atoms with Gasteiger partial charge in [0.1, 0.15) is 40.6 Å². The van der Waals surface area contributed by atoms with E-state index in [2.05, 4.69) is 9.97 Å². The number of fused-ring (bicyclic) bond motifs is 1. The van der Waals surface area contributed by atoms with Crippen molar-refractivity contribution in [2.45, 2.75) is 58.3 Å². The van der Waals surface area contributed by atoms with Crippen LogP contribution in [0, 0.1) is 0 Å². The first-order valence-electron chi connectivity index (χ1n) is 15.7. The quantitative estimate of drug-likeness (QED) is 0.150. The summed E-state index contributed by atoms with van der Waals surface area (Å²) < 4.78 is 25.2. The fourth-order valence-corrected chi connectivity index (χ4v) is 6.87. The SMILES string of the molecule is COC(=O)c1sc(-n2cnc3cc(-c4cccnc4)ccc32)cc1O[C@H](C)c1cccc(OC2CCN(C(=O)OC(C)(C)C)CC2)c1Cl. The van der Waals surface area contributed by atoms with E-state index in [9.17, 15) is 9.59 Å². The lowest BCUT2D eigenvalue weighted by Crippen LogP contribution is -2.44. The Labute approximate surface area is 288 Å². The molecule has 0 N–H and O–H groups in total. The molecular weight excluding hydrogens is 652 g/mol. The lowest BCUT2D eigenvalue weighted by molar-refractivity contribution is 0.0126. The van der Waals surface area contributed by atoms with Crippen molar-refractivity contribution in [3.63, 3.8) is 0 Å². The van der Waals surface area contributed by atoms with Gasteiger partial charge in [-0.05, 0) is 57.5 Å². The molecule has 2 aromatic carbocycles. The van der Waals surface area contributed by atoms with Crippen LogP contribution < -0.4 is 9.47 Å². The van der Waals surface area contributed by atoms with Crippen molar-refractivity contribution in [1.82, 2.24) is 19.4 Å². The average Bonchev–Trinajstić information content (AvgIpc) is 3.69. The number of amides is 1. The topological polar surface area (TPSA) is 105 Å². The Bertz CT molecular complexity index is 1930. The minimum atomic E-state index is -0.543. The van der Waals surface area contributed by atoms with Crippen molar-refractivity contribution in [2.75, 3.05) is 20.2 Å². The maximum atomic E-state index is 12.9. The molecule has 0 unspecified atom stereocenters. The number of esters is 1. The molecule has 12 heteroatoms. The Hall–Kier alpha value is -4.61. The van der Waals surface area contributed by atoms with Crippen LogP contribution >= 0.6 is 22.9 Å². The number of hydrogen-bond acceptors (Lipinski definition) is 9. The molecule has 3 aromatic heterocycles. The number of hydrogen-bond donors (Lipinski definition) is 0. The van der Waals surface area contributed by atoms with Crippen LogP contribution in [0.5, 0.6) is 11.5 Å². The van der Waals surface area contributed by atoms with Crippen molar-refractivity contribution < 1.29 is 28.5 Å². The predicted octanol–water partition coefficient (Wildman–Crippen LogP) is 8.51. The Morgan fingerprint density at radius 3 is 2.52 bits per heavy atom. The van der Waals surface area contributed by atoms with Gasteiger partial charge in [-0.3, -0.25) is 9.55 Å². The molecule has 0 bridgehead atoms. The highest BCUT2D eigenvalue weighted by atomic mass is 35.5. The first-order valence-corrected chi connectivity index (χ1v) is 16.9. The van der Waals surface area contributed by atoms with Crippen LogP contribution in [0.4, 0.5) is 4.79 Å². The zero-order chi connectivity index (χ0) is 34.0. The summed E-state index contributed by atoms with van der Waals surface area (Å²) in [6.07, 6.45) is 5.65. The Balaban J connectivity index is 1.18. The Morgan fingerprint density at radius 1 is 1.02 bits per heavy atom. The van der Waals surface area contributed by atoms with Gasteiger partial charge in [0.15, 0.2) is 4.88 Å². The zero-order valence-electron chi connectivity index (χ0n) is 27.4. The number of carbonyl (C=O) groups excluding carboxylic acids is 2. The first-order chi connectivity index (χ1) is 23.0. The molecule has 4 heterocycles. The second-order valence-electron chi connectivity index (χ2n) is 12.5. The Kier molecular flexibility index (Phi) is 9.61. The summed E-state index contributed by atoms with van der Waals surface area (Å²) in [7, 11) is 1.34. The number of rotatable bonds is 8. The van der Waals surface area contributed by atoms with E-state index in [4.69, 9.17) is 30.5 Å². The van der Waals surface area contributed by atoms with Crippen LogP contribution in [0.15, 0.2) is 73.3 Å². The van der Waals surface area contributed by atoms with E-state index in [1.54, 1.807) is 17.4 Å². The normalized spacial score (nSPS) is 14.5. The van der Waals surface area contributed by atoms with Crippen molar-refractivity contribution in [2.24, 2.45) is 0 Å². The van der Waals surface area contributed by atoms with Gasteiger partial charge in [0.2, 0.25) is 0 Å². The number of likely N-dealkylation sites (tertiary alicyclic amines) is 1. The van der Waals surface area contributed by atoms with E-state index in [-0.39, 0.29) is 12.2 Å². The molecule has 5 aromatic rings. The maximum absolute atomic E-state index is 12.9. The number of ether oxygens (including phenoxy) is 4. The molecule has 250 valence electrons. The second kappa shape index (κ2) is 13.9. The monoisotopic (exact) mass is 688 g/mol. The zero-order valence-corrected chi connectivity index (χ0v) is 29.0. The first kappa shape index (κ1) is 33.3. The number of pyridine rings is 1. The van der Waals surface area contributed by atoms with Gasteiger partial charge in [0, 0.05) is 55.5 Å². The van der Waals surface area contributed by atoms with Gasteiger partial charge in [0.25, 0.3) is 0 Å². The minimum Gasteiger partial charge on any atom is -0.489 e. The number of thiophene rings is 1. The Morgan fingerprint density at radius 2 is 1.81 bits per heavy atom. The lowest BCUT2D eigenvalue weighted by atomic mass is 10.1. The van der Waals surface area contributed by atoms with Gasteiger partial charge in [-0.1, -0.05) is 35.9 Å². The molecule has 0 saturated carbocycles. The fourth-order valence-electron chi connectivity index (χ4n) is 5.55. The van der Waals surface area contributed by atoms with Crippen molar-refractivity contribution >= 4 is 46.0 Å². The van der Waals surface area contributed by atoms with Crippen molar-refractivity contribution in [3.8, 4) is 27.6 Å². The molecule has 0 spiro atoms. The third kappa shape index (κ3) is 7.27. The van der Waals surface area contributed by atoms with Crippen LogP contribution in [-0.4, -0.2) is 63.4 Å². The van der Waals surface area contributed by atoms with E-state index in [1.165, 1.54) is 18.4 Å². The number of benzene rings is 2. The summed E-state index contributed by atoms with van der Waals surface area (Å²) in [6, 6.07) is 17.3. The number of imidazole rings is 1. The lowest BCUT2D eigenvalue weighted by Gasteiger charge is -2.33. The van der Waals surface area contributed by atoms with Crippen LogP contribution in [0.25, 0.3) is 27.2 Å². The van der Waals surface area contributed by atoms with Gasteiger partial charge in [-0.2, -0.15) is 0 Å². The van der Waals surface area contributed by atoms with E-state index < -0.39 is 17.7 Å². The molecule has 1 amide bonds. The van der Waals surface area contributed by atoms with Gasteiger partial charge >= 0.3 is 12.1 Å². The summed E-state index contributed by atoms with van der Waals surface area (Å²) in [4.78, 5) is 36.2. The summed E-state index contributed by atoms with van der Waals surface area (Å²) in [6.45, 7) is 8.51. The minimum absolute atomic E-state index is 0.108. The largest absolute Gasteiger partial charge is 0.489 e. The molecule has 48 heavy (non-hydrogen) atoms. The number of halogens is 1. The highest BCUT2D eigenvalue weighted by Crippen LogP contribution is 2.40. The molecule has 0 radical (unpaired) electrons. The summed E-state index contributed by atoms with van der Waals surface area (Å²) >= 11 is 8.14. The van der Waals surface area contributed by atoms with Crippen LogP contribution in [0.1, 0.15) is 61.9 Å². The van der Waals surface area contributed by atoms with E-state index in [0.717, 1.165) is 27.2 Å². The molecule has 1 saturated heterocycles. The highest BCUT2D eigenvalue weighted by molar-refractivity contribution is 7.16. The summed E-state index contributed by atoms with van der Waals surface area (Å²) in [5, 5.41) is 1.18. The number of nitrogens with zero attached hydrogens (tertiary/aromatic N) is 4. The number of carbonyl (C=O) groups is 2. The molecule has 10 nitrogen and oxygen atoms in total. The third-order valence-corrected chi connectivity index (χ3v) is 9.46. The van der Waals surface area contributed by atoms with E-state index >= 15 is 0 Å². The summed E-state index contributed by atoms with van der Waals surface area (Å²) in [5.74, 6) is 0.410. The molecule has 0 aliphatic carbocycles. The van der Waals surface area contributed by atoms with Gasteiger partial charge in [-0.15, -0.1) is 11.3 Å². The summed E-state index contributed by atoms with van der Waals surface area (Å²) in [5.41, 5.74) is 3.86. The molecule has 1 fully saturated rings. The van der Waals surface area contributed by atoms with Crippen LogP contribution in [0.2, 0.25) is 5.02 Å². The number of aromatic nitrogens is 3. The molecule has 1 atom stereocenters. The van der Waals surface area contributed by atoms with Gasteiger partial charge in [-0.25, -0.2) is 14.6 Å². The van der Waals surface area contributed by atoms with Crippen LogP contribution in [-0.2, 0) is 9.47 Å². The van der Waals surface area contributed by atoms with E-state index in [0.29, 0.717) is 52.9 Å². The molecular formula is C36H37ClN4O6S. The predicted molar refractivity (Wildman–Crippen MR) is 185 cm³/mol. The van der Waals surface area contributed by atoms with Gasteiger partial charge < -0.3 is 23.8 Å². The second-order valence-corrected chi connectivity index (χ2v) is 13.9. The molecule has 6 rings (SSSR count). The maximum Gasteiger partial charge on any atom is 0.410 e. The van der Waals surface area contributed by atoms with Crippen LogP contribution in [0.3, 0.4) is 0 Å². The van der Waals surface area contributed by atoms with E-state index in [1.807, 2.05) is 93.1 Å². The number of methoxy groups -OCH3 is 1. The standard InChI is InChI=1S/C36H37ClN4O6S/c1-22(26-9-6-10-29(32(26)37)46-25-13-16-40(17-14-25)35(43)47-36(2,3)4)45-30-19-31(48-33(30)34(42)44-5)41-21-39-27-18-23(11-12-28(27)41)24-8-7-15-38-20-24/h6-12,15,18-22,25H,13-14,16-17H2,1-5H3/t22-/m1/s1. The van der Waals surface area contributed by atoms with Crippen molar-refractivity contribution in [1.29, 1.82) is 0 Å². The molecule has 1 aliphatic rings. The smallest absolute Gasteiger partial charge is 0.410 e.